The maximum absolute atomic E-state index is 13.3. The fraction of sp³-hybridized carbons (Fsp3) is 0.414. The molecule has 0 aliphatic carbocycles. The molecule has 206 valence electrons. The zero-order chi connectivity index (χ0) is 28.1. The number of tetrazole rings is 1. The number of carbonyl (C=O) groups excluding carboxylic acids is 1. The van der Waals surface area contributed by atoms with E-state index in [1.165, 1.54) is 4.68 Å². The first-order chi connectivity index (χ1) is 18.7. The number of aromatic amines is 1. The van der Waals surface area contributed by atoms with E-state index >= 15 is 0 Å². The lowest BCUT2D eigenvalue weighted by molar-refractivity contribution is -0.144. The molecule has 1 atom stereocenters. The molecule has 0 spiro atoms. The van der Waals surface area contributed by atoms with Gasteiger partial charge in [0, 0.05) is 35.1 Å². The van der Waals surface area contributed by atoms with Crippen molar-refractivity contribution in [3.63, 3.8) is 0 Å². The van der Waals surface area contributed by atoms with E-state index in [1.54, 1.807) is 14.0 Å². The van der Waals surface area contributed by atoms with Gasteiger partial charge in [-0.2, -0.15) is 0 Å². The third kappa shape index (κ3) is 6.34. The summed E-state index contributed by atoms with van der Waals surface area (Å²) in [4.78, 5) is 30.9. The Bertz CT molecular complexity index is 1510. The number of esters is 1. The first-order valence-electron chi connectivity index (χ1n) is 13.1. The van der Waals surface area contributed by atoms with E-state index in [9.17, 15) is 9.59 Å². The summed E-state index contributed by atoms with van der Waals surface area (Å²) in [5, 5.41) is 13.3. The number of nitrogens with zero attached hydrogens (tertiary/aromatic N) is 5. The van der Waals surface area contributed by atoms with E-state index in [2.05, 4.69) is 45.3 Å². The molecule has 4 aromatic rings. The number of rotatable bonds is 11. The van der Waals surface area contributed by atoms with Gasteiger partial charge < -0.3 is 14.5 Å². The Labute approximate surface area is 227 Å². The van der Waals surface area contributed by atoms with Crippen LogP contribution in [0.25, 0.3) is 10.9 Å². The minimum Gasteiger partial charge on any atom is -0.496 e. The highest BCUT2D eigenvalue weighted by Gasteiger charge is 2.31. The number of H-pyrrole nitrogens is 1. The summed E-state index contributed by atoms with van der Waals surface area (Å²) in [5.74, 6) is 0.893. The number of aromatic nitrogens is 5. The average Bonchev–Trinajstić information content (AvgIpc) is 3.32. The van der Waals surface area contributed by atoms with Crippen molar-refractivity contribution in [2.24, 2.45) is 5.92 Å². The van der Waals surface area contributed by atoms with Crippen LogP contribution in [0.15, 0.2) is 47.3 Å². The lowest BCUT2D eigenvalue weighted by Crippen LogP contribution is -2.36. The van der Waals surface area contributed by atoms with Crippen LogP contribution < -0.4 is 10.3 Å². The Hall–Kier alpha value is -4.05. The number of carbonyl (C=O) groups is 1. The molecular weight excluding hydrogens is 496 g/mol. The Morgan fingerprint density at radius 3 is 2.56 bits per heavy atom. The quantitative estimate of drug-likeness (QED) is 0.287. The Kier molecular flexibility index (Phi) is 8.75. The highest BCUT2D eigenvalue weighted by molar-refractivity contribution is 5.83. The van der Waals surface area contributed by atoms with Crippen LogP contribution in [0.1, 0.15) is 54.9 Å². The normalized spacial score (nSPS) is 12.3. The summed E-state index contributed by atoms with van der Waals surface area (Å²) in [7, 11) is 1.64. The zero-order valence-corrected chi connectivity index (χ0v) is 23.4. The molecule has 39 heavy (non-hydrogen) atoms. The van der Waals surface area contributed by atoms with Gasteiger partial charge in [0.05, 0.1) is 19.8 Å². The van der Waals surface area contributed by atoms with E-state index in [1.807, 2.05) is 50.2 Å². The molecule has 0 fully saturated rings. The SMILES string of the molecule is CCOC(=O)Cn1nnnc1[C@H](C(C)C)N(Cc1ccccc1OC)Cc1cc2c(C)cc(C)cc2[nH]c1=O. The zero-order valence-electron chi connectivity index (χ0n) is 23.4. The second-order valence-corrected chi connectivity index (χ2v) is 10.1. The molecule has 0 amide bonds. The highest BCUT2D eigenvalue weighted by atomic mass is 16.5. The number of fused-ring (bicyclic) bond motifs is 1. The van der Waals surface area contributed by atoms with E-state index in [0.29, 0.717) is 24.5 Å². The Morgan fingerprint density at radius 1 is 1.10 bits per heavy atom. The van der Waals surface area contributed by atoms with Crippen LogP contribution in [-0.2, 0) is 29.2 Å². The van der Waals surface area contributed by atoms with Crippen molar-refractivity contribution in [1.82, 2.24) is 30.1 Å². The van der Waals surface area contributed by atoms with Crippen LogP contribution in [0.4, 0.5) is 0 Å². The summed E-state index contributed by atoms with van der Waals surface area (Å²) in [5.41, 5.74) is 4.44. The second kappa shape index (κ2) is 12.2. The third-order valence-electron chi connectivity index (χ3n) is 6.76. The number of hydrogen-bond donors (Lipinski definition) is 1. The number of pyridine rings is 1. The standard InChI is InChI=1S/C29H36N6O4/c1-7-39-26(36)17-35-28(31-32-33-35)27(18(2)3)34(15-21-10-8-9-11-25(21)38-6)16-22-14-23-20(5)12-19(4)13-24(23)30-29(22)37/h8-14,18,27H,7,15-17H2,1-6H3,(H,30,37)/t27-/m0/s1. The molecule has 10 nitrogen and oxygen atoms in total. The number of ether oxygens (including phenoxy) is 2. The van der Waals surface area contributed by atoms with Gasteiger partial charge in [-0.15, -0.1) is 5.10 Å². The number of aryl methyl sites for hydroxylation is 2. The van der Waals surface area contributed by atoms with Gasteiger partial charge in [-0.3, -0.25) is 14.5 Å². The molecule has 0 radical (unpaired) electrons. The van der Waals surface area contributed by atoms with Crippen molar-refractivity contribution in [3.05, 3.63) is 80.9 Å². The topological polar surface area (TPSA) is 115 Å². The van der Waals surface area contributed by atoms with Gasteiger partial charge >= 0.3 is 5.97 Å². The van der Waals surface area contributed by atoms with Crippen molar-refractivity contribution in [1.29, 1.82) is 0 Å². The molecule has 2 aromatic heterocycles. The van der Waals surface area contributed by atoms with Gasteiger partial charge in [-0.25, -0.2) is 4.68 Å². The van der Waals surface area contributed by atoms with Gasteiger partial charge in [-0.05, 0) is 66.4 Å². The molecule has 0 unspecified atom stereocenters. The third-order valence-corrected chi connectivity index (χ3v) is 6.76. The first-order valence-corrected chi connectivity index (χ1v) is 13.1. The van der Waals surface area contributed by atoms with Crippen LogP contribution in [0.2, 0.25) is 0 Å². The van der Waals surface area contributed by atoms with E-state index in [-0.39, 0.29) is 30.7 Å². The van der Waals surface area contributed by atoms with Crippen LogP contribution >= 0.6 is 0 Å². The Balaban J connectivity index is 1.81. The molecular formula is C29H36N6O4. The molecule has 0 saturated carbocycles. The predicted molar refractivity (Wildman–Crippen MR) is 148 cm³/mol. The lowest BCUT2D eigenvalue weighted by Gasteiger charge is -2.34. The second-order valence-electron chi connectivity index (χ2n) is 10.1. The molecule has 1 N–H and O–H groups in total. The largest absolute Gasteiger partial charge is 0.496 e. The number of methoxy groups -OCH3 is 1. The summed E-state index contributed by atoms with van der Waals surface area (Å²) in [6, 6.07) is 13.5. The van der Waals surface area contributed by atoms with E-state index in [0.717, 1.165) is 33.3 Å². The van der Waals surface area contributed by atoms with Gasteiger partial charge in [0.1, 0.15) is 12.3 Å². The van der Waals surface area contributed by atoms with Crippen LogP contribution in [0, 0.1) is 19.8 Å². The van der Waals surface area contributed by atoms with Gasteiger partial charge in [0.15, 0.2) is 5.82 Å². The monoisotopic (exact) mass is 532 g/mol. The van der Waals surface area contributed by atoms with Crippen LogP contribution in [-0.4, -0.2) is 49.8 Å². The van der Waals surface area contributed by atoms with Crippen molar-refractivity contribution in [2.75, 3.05) is 13.7 Å². The molecule has 10 heteroatoms. The molecule has 0 bridgehead atoms. The highest BCUT2D eigenvalue weighted by Crippen LogP contribution is 2.32. The van der Waals surface area contributed by atoms with Gasteiger partial charge in [-0.1, -0.05) is 38.1 Å². The van der Waals surface area contributed by atoms with Crippen molar-refractivity contribution in [3.8, 4) is 5.75 Å². The van der Waals surface area contributed by atoms with Crippen LogP contribution in [0.5, 0.6) is 5.75 Å². The molecule has 0 aliphatic heterocycles. The molecule has 0 saturated heterocycles. The number of nitrogens with one attached hydrogen (secondary N) is 1. The number of hydrogen-bond acceptors (Lipinski definition) is 8. The average molecular weight is 533 g/mol. The fourth-order valence-corrected chi connectivity index (χ4v) is 5.11. The predicted octanol–water partition coefficient (Wildman–Crippen LogP) is 4.10. The van der Waals surface area contributed by atoms with Crippen molar-refractivity contribution < 1.29 is 14.3 Å². The fourth-order valence-electron chi connectivity index (χ4n) is 5.11. The van der Waals surface area contributed by atoms with Crippen molar-refractivity contribution >= 4 is 16.9 Å². The molecule has 2 heterocycles. The van der Waals surface area contributed by atoms with Crippen LogP contribution in [0.3, 0.4) is 0 Å². The lowest BCUT2D eigenvalue weighted by atomic mass is 9.99. The summed E-state index contributed by atoms with van der Waals surface area (Å²) < 4.78 is 12.3. The van der Waals surface area contributed by atoms with E-state index in [4.69, 9.17) is 9.47 Å². The van der Waals surface area contributed by atoms with Gasteiger partial charge in [0.2, 0.25) is 0 Å². The Morgan fingerprint density at radius 2 is 1.85 bits per heavy atom. The summed E-state index contributed by atoms with van der Waals surface area (Å²) >= 11 is 0. The van der Waals surface area contributed by atoms with Gasteiger partial charge in [0.25, 0.3) is 5.56 Å². The number of benzene rings is 2. The maximum atomic E-state index is 13.3. The molecule has 2 aromatic carbocycles. The summed E-state index contributed by atoms with van der Waals surface area (Å²) in [6.07, 6.45) is 0. The first kappa shape index (κ1) is 28.0. The maximum Gasteiger partial charge on any atom is 0.327 e. The smallest absolute Gasteiger partial charge is 0.327 e. The molecule has 0 aliphatic rings. The molecule has 4 rings (SSSR count). The van der Waals surface area contributed by atoms with Crippen molar-refractivity contribution in [2.45, 2.75) is 60.3 Å². The minimum atomic E-state index is -0.415. The number of para-hydroxylation sites is 1. The minimum absolute atomic E-state index is 0.0376. The van der Waals surface area contributed by atoms with E-state index < -0.39 is 5.97 Å². The summed E-state index contributed by atoms with van der Waals surface area (Å²) in [6.45, 7) is 10.9.